The van der Waals surface area contributed by atoms with Gasteiger partial charge in [0.1, 0.15) is 11.4 Å². The van der Waals surface area contributed by atoms with Crippen molar-refractivity contribution in [3.63, 3.8) is 0 Å². The van der Waals surface area contributed by atoms with Gasteiger partial charge in [-0.2, -0.15) is 0 Å². The highest BCUT2D eigenvalue weighted by Crippen LogP contribution is 2.24. The van der Waals surface area contributed by atoms with Crippen molar-refractivity contribution in [1.29, 1.82) is 0 Å². The van der Waals surface area contributed by atoms with E-state index < -0.39 is 5.54 Å². The van der Waals surface area contributed by atoms with Crippen LogP contribution >= 0.6 is 11.6 Å². The molecule has 0 atom stereocenters. The minimum Gasteiger partial charge on any atom is -0.384 e. The maximum Gasteiger partial charge on any atom is 0.256 e. The predicted octanol–water partition coefficient (Wildman–Crippen LogP) is 0.668. The molecule has 102 valence electrons. The summed E-state index contributed by atoms with van der Waals surface area (Å²) in [5.74, 6) is -0.295. The normalized spacial score (nSPS) is 18.1. The van der Waals surface area contributed by atoms with Crippen LogP contribution < -0.4 is 11.1 Å². The molecule has 3 N–H and O–H groups in total. The molecule has 1 aromatic rings. The third-order valence-electron chi connectivity index (χ3n) is 3.20. The number of aromatic nitrogens is 1. The second-order valence-corrected chi connectivity index (χ2v) is 5.27. The topological polar surface area (TPSA) is 88.3 Å². The lowest BCUT2D eigenvalue weighted by Crippen LogP contribution is -2.63. The molecule has 1 aliphatic heterocycles. The fourth-order valence-corrected chi connectivity index (χ4v) is 2.20. The van der Waals surface area contributed by atoms with Crippen LogP contribution in [0.2, 0.25) is 5.02 Å². The van der Waals surface area contributed by atoms with Crippen molar-refractivity contribution in [3.05, 3.63) is 22.8 Å². The molecule has 0 spiro atoms. The van der Waals surface area contributed by atoms with Gasteiger partial charge < -0.3 is 16.0 Å². The van der Waals surface area contributed by atoms with E-state index in [-0.39, 0.29) is 28.2 Å². The summed E-state index contributed by atoms with van der Waals surface area (Å²) in [6.07, 6.45) is 1.33. The van der Waals surface area contributed by atoms with E-state index in [1.807, 2.05) is 0 Å². The number of anilines is 1. The van der Waals surface area contributed by atoms with Crippen molar-refractivity contribution in [3.8, 4) is 0 Å². The van der Waals surface area contributed by atoms with Crippen LogP contribution in [0.15, 0.2) is 12.3 Å². The smallest absolute Gasteiger partial charge is 0.256 e. The average Bonchev–Trinajstić information content (AvgIpc) is 2.35. The molecule has 1 aliphatic rings. The summed E-state index contributed by atoms with van der Waals surface area (Å²) in [4.78, 5) is 29.7. The van der Waals surface area contributed by atoms with Gasteiger partial charge in [-0.25, -0.2) is 4.98 Å². The Labute approximate surface area is 115 Å². The quantitative estimate of drug-likeness (QED) is 0.792. The number of rotatable bonds is 1. The van der Waals surface area contributed by atoms with E-state index in [2.05, 4.69) is 10.3 Å². The fraction of sp³-hybridized carbons (Fsp3) is 0.417. The van der Waals surface area contributed by atoms with Crippen molar-refractivity contribution in [2.45, 2.75) is 19.4 Å². The molecule has 0 aromatic carbocycles. The van der Waals surface area contributed by atoms with Crippen LogP contribution in [0.3, 0.4) is 0 Å². The summed E-state index contributed by atoms with van der Waals surface area (Å²) in [5.41, 5.74) is 4.91. The summed E-state index contributed by atoms with van der Waals surface area (Å²) < 4.78 is 0. The van der Waals surface area contributed by atoms with Gasteiger partial charge >= 0.3 is 0 Å². The zero-order chi connectivity index (χ0) is 14.2. The number of carbonyl (C=O) groups is 2. The van der Waals surface area contributed by atoms with E-state index in [9.17, 15) is 9.59 Å². The first-order valence-electron chi connectivity index (χ1n) is 5.85. The fourth-order valence-electron chi connectivity index (χ4n) is 2.02. The van der Waals surface area contributed by atoms with Gasteiger partial charge in [-0.05, 0) is 19.9 Å². The van der Waals surface area contributed by atoms with Gasteiger partial charge in [0.05, 0.1) is 10.6 Å². The molecule has 0 bridgehead atoms. The van der Waals surface area contributed by atoms with Crippen LogP contribution in [-0.2, 0) is 4.79 Å². The number of nitrogen functional groups attached to an aromatic ring is 1. The van der Waals surface area contributed by atoms with Gasteiger partial charge in [-0.15, -0.1) is 0 Å². The number of amides is 2. The third-order valence-corrected chi connectivity index (χ3v) is 3.50. The first kappa shape index (κ1) is 13.6. The van der Waals surface area contributed by atoms with Crippen molar-refractivity contribution >= 4 is 29.2 Å². The number of hydrogen-bond donors (Lipinski definition) is 2. The van der Waals surface area contributed by atoms with Crippen LogP contribution in [0, 0.1) is 0 Å². The molecule has 2 amide bonds. The number of piperazine rings is 1. The molecule has 2 rings (SSSR count). The SMILES string of the molecule is CC1(C)C(=O)NCCN1C(=O)c1cc(N)ncc1Cl. The lowest BCUT2D eigenvalue weighted by molar-refractivity contribution is -0.133. The van der Waals surface area contributed by atoms with Gasteiger partial charge in [-0.3, -0.25) is 9.59 Å². The van der Waals surface area contributed by atoms with Crippen LogP contribution in [0.5, 0.6) is 0 Å². The summed E-state index contributed by atoms with van der Waals surface area (Å²) in [6, 6.07) is 1.42. The first-order chi connectivity index (χ1) is 8.84. The highest BCUT2D eigenvalue weighted by atomic mass is 35.5. The molecule has 1 saturated heterocycles. The Morgan fingerprint density at radius 3 is 2.95 bits per heavy atom. The predicted molar refractivity (Wildman–Crippen MR) is 71.8 cm³/mol. The number of nitrogens with zero attached hydrogens (tertiary/aromatic N) is 2. The monoisotopic (exact) mass is 282 g/mol. The van der Waals surface area contributed by atoms with E-state index >= 15 is 0 Å². The Balaban J connectivity index is 2.38. The van der Waals surface area contributed by atoms with Gasteiger partial charge in [0.25, 0.3) is 5.91 Å². The Bertz CT molecular complexity index is 545. The molecule has 0 radical (unpaired) electrons. The Morgan fingerprint density at radius 1 is 1.58 bits per heavy atom. The molecular formula is C12H15ClN4O2. The number of hydrogen-bond acceptors (Lipinski definition) is 4. The van der Waals surface area contributed by atoms with Crippen LogP contribution in [0.4, 0.5) is 5.82 Å². The van der Waals surface area contributed by atoms with E-state index in [1.165, 1.54) is 17.2 Å². The minimum atomic E-state index is -0.920. The molecule has 19 heavy (non-hydrogen) atoms. The van der Waals surface area contributed by atoms with E-state index in [0.717, 1.165) is 0 Å². The van der Waals surface area contributed by atoms with Crippen molar-refractivity contribution in [2.75, 3.05) is 18.8 Å². The van der Waals surface area contributed by atoms with Crippen LogP contribution in [-0.4, -0.2) is 40.3 Å². The third kappa shape index (κ3) is 2.35. The average molecular weight is 283 g/mol. The van der Waals surface area contributed by atoms with Crippen molar-refractivity contribution < 1.29 is 9.59 Å². The molecular weight excluding hydrogens is 268 g/mol. The minimum absolute atomic E-state index is 0.190. The summed E-state index contributed by atoms with van der Waals surface area (Å²) in [6.45, 7) is 4.23. The summed E-state index contributed by atoms with van der Waals surface area (Å²) >= 11 is 5.97. The standard InChI is InChI=1S/C12H15ClN4O2/c1-12(2)11(19)15-3-4-17(12)10(18)7-5-9(14)16-6-8(7)13/h5-6H,3-4H2,1-2H3,(H2,14,16)(H,15,19). The molecule has 0 unspecified atom stereocenters. The van der Waals surface area contributed by atoms with Gasteiger partial charge in [0, 0.05) is 19.3 Å². The van der Waals surface area contributed by atoms with Crippen LogP contribution in [0.25, 0.3) is 0 Å². The van der Waals surface area contributed by atoms with E-state index in [1.54, 1.807) is 13.8 Å². The van der Waals surface area contributed by atoms with Crippen molar-refractivity contribution in [2.24, 2.45) is 0 Å². The largest absolute Gasteiger partial charge is 0.384 e. The number of halogens is 1. The number of carbonyl (C=O) groups excluding carboxylic acids is 2. The maximum absolute atomic E-state index is 12.5. The van der Waals surface area contributed by atoms with Gasteiger partial charge in [0.2, 0.25) is 5.91 Å². The number of nitrogens with one attached hydrogen (secondary N) is 1. The van der Waals surface area contributed by atoms with Crippen LogP contribution in [0.1, 0.15) is 24.2 Å². The molecule has 0 aliphatic carbocycles. The summed E-state index contributed by atoms with van der Waals surface area (Å²) in [7, 11) is 0. The van der Waals surface area contributed by atoms with Gasteiger partial charge in [-0.1, -0.05) is 11.6 Å². The lowest BCUT2D eigenvalue weighted by Gasteiger charge is -2.41. The number of pyridine rings is 1. The molecule has 2 heterocycles. The van der Waals surface area contributed by atoms with E-state index in [4.69, 9.17) is 17.3 Å². The van der Waals surface area contributed by atoms with Gasteiger partial charge in [0.15, 0.2) is 0 Å². The first-order valence-corrected chi connectivity index (χ1v) is 6.23. The highest BCUT2D eigenvalue weighted by molar-refractivity contribution is 6.33. The highest BCUT2D eigenvalue weighted by Gasteiger charge is 2.41. The molecule has 0 saturated carbocycles. The molecule has 1 aromatic heterocycles. The second kappa shape index (κ2) is 4.70. The Morgan fingerprint density at radius 2 is 2.26 bits per heavy atom. The Kier molecular flexibility index (Phi) is 3.36. The van der Waals surface area contributed by atoms with E-state index in [0.29, 0.717) is 13.1 Å². The molecule has 6 nitrogen and oxygen atoms in total. The second-order valence-electron chi connectivity index (χ2n) is 4.86. The zero-order valence-electron chi connectivity index (χ0n) is 10.7. The lowest BCUT2D eigenvalue weighted by atomic mass is 9.97. The molecule has 1 fully saturated rings. The molecule has 7 heteroatoms. The zero-order valence-corrected chi connectivity index (χ0v) is 11.5. The maximum atomic E-state index is 12.5. The summed E-state index contributed by atoms with van der Waals surface area (Å²) in [5, 5.41) is 2.95. The Hall–Kier alpha value is -1.82. The van der Waals surface area contributed by atoms with Crippen molar-refractivity contribution in [1.82, 2.24) is 15.2 Å². The number of nitrogens with two attached hydrogens (primary N) is 1.